The summed E-state index contributed by atoms with van der Waals surface area (Å²) in [6.45, 7) is 6.49. The number of carbonyl (C=O) groups excluding carboxylic acids is 1. The van der Waals surface area contributed by atoms with Crippen molar-refractivity contribution in [3.63, 3.8) is 0 Å². The van der Waals surface area contributed by atoms with E-state index in [0.717, 1.165) is 12.8 Å². The number of halogens is 1. The number of rotatable bonds is 3. The molecule has 1 aromatic carbocycles. The lowest BCUT2D eigenvalue weighted by molar-refractivity contribution is -0.281. The van der Waals surface area contributed by atoms with Crippen LogP contribution in [0.15, 0.2) is 28.7 Å². The monoisotopic (exact) mass is 414 g/mol. The summed E-state index contributed by atoms with van der Waals surface area (Å²) in [5, 5.41) is 21.4. The number of nitrogens with zero attached hydrogens (tertiary/aromatic N) is 2. The van der Waals surface area contributed by atoms with E-state index in [2.05, 4.69) is 15.9 Å². The molecule has 1 aliphatic rings. The van der Waals surface area contributed by atoms with Gasteiger partial charge in [0.1, 0.15) is 5.60 Å². The summed E-state index contributed by atoms with van der Waals surface area (Å²) < 4.78 is 6.05. The number of likely N-dealkylation sites (N-methyl/N-ethyl adjacent to an activating group) is 1. The first-order valence-electron chi connectivity index (χ1n) is 8.43. The number of hydrogen-bond acceptors (Lipinski definition) is 5. The van der Waals surface area contributed by atoms with Gasteiger partial charge in [-0.05, 0) is 46.7 Å². The van der Waals surface area contributed by atoms with E-state index < -0.39 is 11.5 Å². The van der Waals surface area contributed by atoms with Crippen LogP contribution in [0.2, 0.25) is 0 Å². The average molecular weight is 415 g/mol. The molecule has 1 amide bonds. The fourth-order valence-corrected chi connectivity index (χ4v) is 3.49. The molecule has 1 atom stereocenters. The Morgan fingerprint density at radius 3 is 2.56 bits per heavy atom. The molecule has 0 unspecified atom stereocenters. The standard InChI is InChI=1S/C18H27BrN2O4/c1-17(2,3)25-16(22)21-11-7-8-13(12-21)20(4)18(23,24)14-9-5-6-10-15(14)19/h5-6,9-10,13,23-24H,7-8,11-12H2,1-4H3/t13-/m1/s1. The molecule has 0 spiro atoms. The largest absolute Gasteiger partial charge is 0.444 e. The summed E-state index contributed by atoms with van der Waals surface area (Å²) in [5.74, 6) is -2.14. The fourth-order valence-electron chi connectivity index (χ4n) is 2.94. The number of benzene rings is 1. The molecule has 2 rings (SSSR count). The number of piperidine rings is 1. The van der Waals surface area contributed by atoms with Crippen LogP contribution in [0.5, 0.6) is 0 Å². The zero-order valence-electron chi connectivity index (χ0n) is 15.2. The Morgan fingerprint density at radius 2 is 1.96 bits per heavy atom. The van der Waals surface area contributed by atoms with Gasteiger partial charge in [-0.3, -0.25) is 0 Å². The van der Waals surface area contributed by atoms with E-state index >= 15 is 0 Å². The number of aliphatic hydroxyl groups is 2. The number of likely N-dealkylation sites (tertiary alicyclic amines) is 1. The molecule has 0 radical (unpaired) electrons. The molecule has 1 fully saturated rings. The summed E-state index contributed by atoms with van der Waals surface area (Å²) in [7, 11) is 1.66. The van der Waals surface area contributed by atoms with Gasteiger partial charge in [-0.1, -0.05) is 34.1 Å². The molecule has 1 aromatic rings. The van der Waals surface area contributed by atoms with Crippen molar-refractivity contribution in [2.75, 3.05) is 20.1 Å². The van der Waals surface area contributed by atoms with E-state index in [1.165, 1.54) is 4.90 Å². The van der Waals surface area contributed by atoms with Crippen LogP contribution in [0, 0.1) is 0 Å². The van der Waals surface area contributed by atoms with Crippen LogP contribution in [0.1, 0.15) is 39.2 Å². The lowest BCUT2D eigenvalue weighted by atomic mass is 10.0. The van der Waals surface area contributed by atoms with Gasteiger partial charge < -0.3 is 19.8 Å². The van der Waals surface area contributed by atoms with Crippen molar-refractivity contribution >= 4 is 22.0 Å². The molecule has 0 aromatic heterocycles. The third-order valence-electron chi connectivity index (χ3n) is 4.32. The first kappa shape index (κ1) is 20.2. The van der Waals surface area contributed by atoms with Gasteiger partial charge in [0.2, 0.25) is 0 Å². The van der Waals surface area contributed by atoms with E-state index in [1.807, 2.05) is 26.8 Å². The molecule has 25 heavy (non-hydrogen) atoms. The Balaban J connectivity index is 2.12. The molecule has 0 aliphatic carbocycles. The smallest absolute Gasteiger partial charge is 0.410 e. The maximum Gasteiger partial charge on any atom is 0.410 e. The van der Waals surface area contributed by atoms with Gasteiger partial charge in [0, 0.05) is 29.2 Å². The summed E-state index contributed by atoms with van der Waals surface area (Å²) in [5.41, 5.74) is -0.186. The van der Waals surface area contributed by atoms with E-state index in [-0.39, 0.29) is 12.1 Å². The Kier molecular flexibility index (Phi) is 6.14. The molecule has 1 aliphatic heterocycles. The lowest BCUT2D eigenvalue weighted by Crippen LogP contribution is -2.56. The van der Waals surface area contributed by atoms with Crippen LogP contribution in [0.3, 0.4) is 0 Å². The highest BCUT2D eigenvalue weighted by Crippen LogP contribution is 2.32. The molecule has 2 N–H and O–H groups in total. The quantitative estimate of drug-likeness (QED) is 0.743. The zero-order valence-corrected chi connectivity index (χ0v) is 16.8. The van der Waals surface area contributed by atoms with E-state index in [1.54, 1.807) is 30.1 Å². The molecular weight excluding hydrogens is 388 g/mol. The van der Waals surface area contributed by atoms with Gasteiger partial charge >= 0.3 is 6.09 Å². The van der Waals surface area contributed by atoms with Crippen LogP contribution < -0.4 is 0 Å². The predicted octanol–water partition coefficient (Wildman–Crippen LogP) is 2.88. The zero-order chi connectivity index (χ0) is 18.8. The highest BCUT2D eigenvalue weighted by molar-refractivity contribution is 9.10. The predicted molar refractivity (Wildman–Crippen MR) is 98.8 cm³/mol. The van der Waals surface area contributed by atoms with Crippen molar-refractivity contribution in [3.05, 3.63) is 34.3 Å². The maximum absolute atomic E-state index is 12.3. The molecule has 1 heterocycles. The molecule has 7 heteroatoms. The van der Waals surface area contributed by atoms with Crippen LogP contribution in [-0.4, -0.2) is 57.9 Å². The minimum Gasteiger partial charge on any atom is -0.444 e. The van der Waals surface area contributed by atoms with Crippen molar-refractivity contribution in [2.45, 2.75) is 51.2 Å². The van der Waals surface area contributed by atoms with Crippen LogP contribution in [0.4, 0.5) is 4.79 Å². The minimum atomic E-state index is -2.14. The number of ether oxygens (including phenoxy) is 1. The highest BCUT2D eigenvalue weighted by atomic mass is 79.9. The van der Waals surface area contributed by atoms with Gasteiger partial charge in [0.15, 0.2) is 0 Å². The van der Waals surface area contributed by atoms with Gasteiger partial charge in [-0.25, -0.2) is 9.69 Å². The van der Waals surface area contributed by atoms with Gasteiger partial charge in [-0.2, -0.15) is 0 Å². The molecular formula is C18H27BrN2O4. The molecule has 1 saturated heterocycles. The summed E-state index contributed by atoms with van der Waals surface area (Å²) >= 11 is 3.36. The van der Waals surface area contributed by atoms with Gasteiger partial charge in [0.25, 0.3) is 5.91 Å². The van der Waals surface area contributed by atoms with Crippen molar-refractivity contribution in [1.82, 2.24) is 9.80 Å². The fraction of sp³-hybridized carbons (Fsp3) is 0.611. The van der Waals surface area contributed by atoms with Crippen LogP contribution in [-0.2, 0) is 10.6 Å². The Labute approximate surface area is 157 Å². The molecule has 0 saturated carbocycles. The first-order chi connectivity index (χ1) is 11.5. The summed E-state index contributed by atoms with van der Waals surface area (Å²) in [6, 6.07) is 6.80. The molecule has 0 bridgehead atoms. The normalized spacial score (nSPS) is 19.2. The van der Waals surface area contributed by atoms with Crippen LogP contribution in [0.25, 0.3) is 0 Å². The summed E-state index contributed by atoms with van der Waals surface area (Å²) in [6.07, 6.45) is 1.18. The van der Waals surface area contributed by atoms with Crippen LogP contribution >= 0.6 is 15.9 Å². The highest BCUT2D eigenvalue weighted by Gasteiger charge is 2.40. The van der Waals surface area contributed by atoms with Gasteiger partial charge in [-0.15, -0.1) is 0 Å². The van der Waals surface area contributed by atoms with Gasteiger partial charge in [0.05, 0.1) is 0 Å². The Bertz CT molecular complexity index is 615. The van der Waals surface area contributed by atoms with E-state index in [9.17, 15) is 15.0 Å². The average Bonchev–Trinajstić information content (AvgIpc) is 2.53. The minimum absolute atomic E-state index is 0.191. The summed E-state index contributed by atoms with van der Waals surface area (Å²) in [4.78, 5) is 15.4. The lowest BCUT2D eigenvalue weighted by Gasteiger charge is -2.43. The SMILES string of the molecule is CN([C@@H]1CCCN(C(=O)OC(C)(C)C)C1)C(O)(O)c1ccccc1Br. The molecule has 6 nitrogen and oxygen atoms in total. The number of hydrogen-bond donors (Lipinski definition) is 2. The Hall–Kier alpha value is -1.15. The second kappa shape index (κ2) is 7.61. The van der Waals surface area contributed by atoms with E-state index in [0.29, 0.717) is 23.1 Å². The van der Waals surface area contributed by atoms with E-state index in [4.69, 9.17) is 4.74 Å². The number of amides is 1. The maximum atomic E-state index is 12.3. The van der Waals surface area contributed by atoms with Crippen molar-refractivity contribution < 1.29 is 19.7 Å². The second-order valence-corrected chi connectivity index (χ2v) is 8.30. The third-order valence-corrected chi connectivity index (χ3v) is 5.01. The molecule has 140 valence electrons. The van der Waals surface area contributed by atoms with Crippen molar-refractivity contribution in [3.8, 4) is 0 Å². The third kappa shape index (κ3) is 4.94. The van der Waals surface area contributed by atoms with Crippen molar-refractivity contribution in [1.29, 1.82) is 0 Å². The topological polar surface area (TPSA) is 73.2 Å². The van der Waals surface area contributed by atoms with Crippen molar-refractivity contribution in [2.24, 2.45) is 0 Å². The second-order valence-electron chi connectivity index (χ2n) is 7.45. The first-order valence-corrected chi connectivity index (χ1v) is 9.22. The Morgan fingerprint density at radius 1 is 1.32 bits per heavy atom. The number of carbonyl (C=O) groups is 1.